The Morgan fingerprint density at radius 3 is 2.12 bits per heavy atom. The lowest BCUT2D eigenvalue weighted by Crippen LogP contribution is -2.57. The number of carbonyl (C=O) groups is 1. The van der Waals surface area contributed by atoms with Crippen LogP contribution in [0.15, 0.2) is 0 Å². The SMILES string of the molecule is CCCC(C)(N)C(=O)N(CC(F)(F)F)C(C)C. The molecule has 0 saturated carbocycles. The zero-order chi connectivity index (χ0) is 13.9. The smallest absolute Gasteiger partial charge is 0.330 e. The standard InChI is InChI=1S/C11H21F3N2O/c1-5-6-10(4,15)9(17)16(8(2)3)7-11(12,13)14/h8H,5-7,15H2,1-4H3. The van der Waals surface area contributed by atoms with Crippen molar-refractivity contribution in [3.8, 4) is 0 Å². The number of carbonyl (C=O) groups excluding carboxylic acids is 1. The van der Waals surface area contributed by atoms with E-state index in [1.165, 1.54) is 6.92 Å². The highest BCUT2D eigenvalue weighted by Crippen LogP contribution is 2.21. The number of nitrogens with zero attached hydrogens (tertiary/aromatic N) is 1. The van der Waals surface area contributed by atoms with E-state index in [4.69, 9.17) is 5.73 Å². The molecule has 0 radical (unpaired) electrons. The van der Waals surface area contributed by atoms with Gasteiger partial charge in [-0.3, -0.25) is 4.79 Å². The van der Waals surface area contributed by atoms with E-state index in [2.05, 4.69) is 0 Å². The Balaban J connectivity index is 4.90. The Labute approximate surface area is 100 Å². The van der Waals surface area contributed by atoms with Crippen molar-refractivity contribution in [2.75, 3.05) is 6.54 Å². The van der Waals surface area contributed by atoms with Gasteiger partial charge in [-0.1, -0.05) is 13.3 Å². The van der Waals surface area contributed by atoms with Crippen molar-refractivity contribution < 1.29 is 18.0 Å². The van der Waals surface area contributed by atoms with E-state index in [-0.39, 0.29) is 0 Å². The summed E-state index contributed by atoms with van der Waals surface area (Å²) in [5.41, 5.74) is 4.54. The van der Waals surface area contributed by atoms with Crippen LogP contribution in [0.4, 0.5) is 13.2 Å². The first-order valence-electron chi connectivity index (χ1n) is 5.68. The quantitative estimate of drug-likeness (QED) is 0.818. The molecule has 0 aromatic rings. The molecule has 0 aliphatic heterocycles. The number of nitrogens with two attached hydrogens (primary N) is 1. The van der Waals surface area contributed by atoms with Crippen LogP contribution in [-0.4, -0.2) is 35.1 Å². The van der Waals surface area contributed by atoms with Crippen LogP contribution in [0.1, 0.15) is 40.5 Å². The van der Waals surface area contributed by atoms with Crippen LogP contribution in [0.5, 0.6) is 0 Å². The van der Waals surface area contributed by atoms with Gasteiger partial charge in [-0.15, -0.1) is 0 Å². The Kier molecular flexibility index (Phi) is 5.45. The third-order valence-electron chi connectivity index (χ3n) is 2.49. The summed E-state index contributed by atoms with van der Waals surface area (Å²) in [6, 6.07) is -0.524. The summed E-state index contributed by atoms with van der Waals surface area (Å²) >= 11 is 0. The van der Waals surface area contributed by atoms with Gasteiger partial charge in [0.2, 0.25) is 5.91 Å². The summed E-state index contributed by atoms with van der Waals surface area (Å²) in [7, 11) is 0. The molecular weight excluding hydrogens is 233 g/mol. The Bertz CT molecular complexity index is 262. The first-order valence-corrected chi connectivity index (χ1v) is 5.68. The molecule has 3 nitrogen and oxygen atoms in total. The second kappa shape index (κ2) is 5.71. The molecule has 1 atom stereocenters. The van der Waals surface area contributed by atoms with E-state index < -0.39 is 30.2 Å². The molecule has 0 aliphatic carbocycles. The van der Waals surface area contributed by atoms with Crippen LogP contribution < -0.4 is 5.73 Å². The molecular formula is C11H21F3N2O. The van der Waals surface area contributed by atoms with Crippen LogP contribution in [0.25, 0.3) is 0 Å². The number of halogens is 3. The van der Waals surface area contributed by atoms with Crippen molar-refractivity contribution in [3.63, 3.8) is 0 Å². The Morgan fingerprint density at radius 1 is 1.35 bits per heavy atom. The minimum Gasteiger partial charge on any atom is -0.330 e. The monoisotopic (exact) mass is 254 g/mol. The molecule has 0 bridgehead atoms. The highest BCUT2D eigenvalue weighted by atomic mass is 19.4. The normalized spacial score (nSPS) is 15.8. The van der Waals surface area contributed by atoms with Crippen molar-refractivity contribution in [2.24, 2.45) is 5.73 Å². The van der Waals surface area contributed by atoms with E-state index in [9.17, 15) is 18.0 Å². The molecule has 102 valence electrons. The van der Waals surface area contributed by atoms with Gasteiger partial charge in [-0.25, -0.2) is 0 Å². The van der Waals surface area contributed by atoms with E-state index in [1.54, 1.807) is 13.8 Å². The second-order valence-electron chi connectivity index (χ2n) is 4.81. The number of alkyl halides is 3. The maximum atomic E-state index is 12.4. The van der Waals surface area contributed by atoms with Crippen LogP contribution in [0, 0.1) is 0 Å². The summed E-state index contributed by atoms with van der Waals surface area (Å²) in [6.07, 6.45) is -3.38. The minimum absolute atomic E-state index is 0.368. The van der Waals surface area contributed by atoms with Crippen molar-refractivity contribution in [2.45, 2.75) is 58.3 Å². The molecule has 0 spiro atoms. The molecule has 0 saturated heterocycles. The molecule has 6 heteroatoms. The van der Waals surface area contributed by atoms with E-state index >= 15 is 0 Å². The largest absolute Gasteiger partial charge is 0.406 e. The van der Waals surface area contributed by atoms with Crippen LogP contribution in [0.2, 0.25) is 0 Å². The molecule has 0 aromatic heterocycles. The summed E-state index contributed by atoms with van der Waals surface area (Å²) in [5.74, 6) is -0.647. The number of hydrogen-bond acceptors (Lipinski definition) is 2. The Morgan fingerprint density at radius 2 is 1.82 bits per heavy atom. The first kappa shape index (κ1) is 16.2. The predicted octanol–water partition coefficient (Wildman–Crippen LogP) is 2.30. The molecule has 0 aromatic carbocycles. The van der Waals surface area contributed by atoms with Crippen molar-refractivity contribution in [1.82, 2.24) is 4.90 Å². The maximum Gasteiger partial charge on any atom is 0.406 e. The van der Waals surface area contributed by atoms with Gasteiger partial charge < -0.3 is 10.6 Å². The number of hydrogen-bond donors (Lipinski definition) is 1. The van der Waals surface area contributed by atoms with Gasteiger partial charge in [0.25, 0.3) is 0 Å². The third-order valence-corrected chi connectivity index (χ3v) is 2.49. The van der Waals surface area contributed by atoms with Gasteiger partial charge in [0.05, 0.1) is 5.54 Å². The van der Waals surface area contributed by atoms with Crippen molar-refractivity contribution in [1.29, 1.82) is 0 Å². The van der Waals surface area contributed by atoms with Gasteiger partial charge in [-0.05, 0) is 27.2 Å². The minimum atomic E-state index is -4.40. The zero-order valence-electron chi connectivity index (χ0n) is 10.8. The summed E-state index contributed by atoms with van der Waals surface area (Å²) in [6.45, 7) is 5.16. The van der Waals surface area contributed by atoms with E-state index in [0.29, 0.717) is 12.8 Å². The van der Waals surface area contributed by atoms with Crippen molar-refractivity contribution in [3.05, 3.63) is 0 Å². The van der Waals surface area contributed by atoms with Gasteiger partial charge in [-0.2, -0.15) is 13.2 Å². The van der Waals surface area contributed by atoms with Crippen LogP contribution in [0.3, 0.4) is 0 Å². The molecule has 0 heterocycles. The highest BCUT2D eigenvalue weighted by Gasteiger charge is 2.39. The molecule has 1 unspecified atom stereocenters. The molecule has 0 rings (SSSR count). The number of amides is 1. The average molecular weight is 254 g/mol. The van der Waals surface area contributed by atoms with Crippen LogP contribution >= 0.6 is 0 Å². The topological polar surface area (TPSA) is 46.3 Å². The highest BCUT2D eigenvalue weighted by molar-refractivity contribution is 5.86. The fourth-order valence-corrected chi connectivity index (χ4v) is 1.64. The van der Waals surface area contributed by atoms with Gasteiger partial charge in [0.15, 0.2) is 0 Å². The fraction of sp³-hybridized carbons (Fsp3) is 0.909. The first-order chi connectivity index (χ1) is 7.51. The average Bonchev–Trinajstić information content (AvgIpc) is 2.11. The second-order valence-corrected chi connectivity index (χ2v) is 4.81. The summed E-state index contributed by atoms with van der Waals surface area (Å²) < 4.78 is 37.1. The van der Waals surface area contributed by atoms with E-state index in [0.717, 1.165) is 4.90 Å². The lowest BCUT2D eigenvalue weighted by atomic mass is 9.95. The summed E-state index contributed by atoms with van der Waals surface area (Å²) in [4.78, 5) is 12.8. The molecule has 1 amide bonds. The third kappa shape index (κ3) is 5.39. The van der Waals surface area contributed by atoms with Crippen molar-refractivity contribution >= 4 is 5.91 Å². The van der Waals surface area contributed by atoms with Gasteiger partial charge >= 0.3 is 6.18 Å². The maximum absolute atomic E-state index is 12.4. The molecule has 0 fully saturated rings. The zero-order valence-corrected chi connectivity index (χ0v) is 10.8. The van der Waals surface area contributed by atoms with E-state index in [1.807, 2.05) is 6.92 Å². The van der Waals surface area contributed by atoms with Crippen LogP contribution in [-0.2, 0) is 4.79 Å². The fourth-order valence-electron chi connectivity index (χ4n) is 1.64. The Hall–Kier alpha value is -0.780. The molecule has 17 heavy (non-hydrogen) atoms. The van der Waals surface area contributed by atoms with Gasteiger partial charge in [0.1, 0.15) is 6.54 Å². The lowest BCUT2D eigenvalue weighted by Gasteiger charge is -2.34. The number of rotatable bonds is 5. The predicted molar refractivity (Wildman–Crippen MR) is 60.4 cm³/mol. The molecule has 2 N–H and O–H groups in total. The van der Waals surface area contributed by atoms with Gasteiger partial charge in [0, 0.05) is 6.04 Å². The molecule has 0 aliphatic rings. The lowest BCUT2D eigenvalue weighted by molar-refractivity contribution is -0.167. The summed E-state index contributed by atoms with van der Waals surface area (Å²) in [5, 5.41) is 0.